The van der Waals surface area contributed by atoms with E-state index in [1.165, 1.54) is 12.3 Å². The predicted molar refractivity (Wildman–Crippen MR) is 104 cm³/mol. The van der Waals surface area contributed by atoms with Crippen LogP contribution in [0.4, 0.5) is 5.69 Å². The number of nitrogens with zero attached hydrogens (tertiary/aromatic N) is 5. The van der Waals surface area contributed by atoms with Crippen LogP contribution in [0.2, 0.25) is 0 Å². The van der Waals surface area contributed by atoms with Gasteiger partial charge in [-0.05, 0) is 42.8 Å². The summed E-state index contributed by atoms with van der Waals surface area (Å²) in [5.41, 5.74) is 8.47. The number of carbonyl (C=O) groups excluding carboxylic acids is 1. The zero-order chi connectivity index (χ0) is 19.7. The molecule has 1 aromatic carbocycles. The lowest BCUT2D eigenvalue weighted by Crippen LogP contribution is -2.37. The van der Waals surface area contributed by atoms with Crippen LogP contribution in [-0.4, -0.2) is 26.5 Å². The SMILES string of the molecule is CC1(c2cccc(NC(=O)c3ccc(C#N)cn3)c2)Cn2nccc2C(N)=N1. The number of anilines is 1. The molecule has 0 fully saturated rings. The van der Waals surface area contributed by atoms with E-state index in [1.54, 1.807) is 18.3 Å². The number of rotatable bonds is 3. The molecule has 3 heterocycles. The standard InChI is InChI=1S/C20H17N7O/c1-20(12-27-17(7-8-24-27)18(22)26-20)14-3-2-4-15(9-14)25-19(28)16-6-5-13(10-21)11-23-16/h2-9,11H,12H2,1H3,(H2,22,26)(H,25,28). The van der Waals surface area contributed by atoms with Gasteiger partial charge < -0.3 is 11.1 Å². The third kappa shape index (κ3) is 3.10. The highest BCUT2D eigenvalue weighted by molar-refractivity contribution is 6.03. The summed E-state index contributed by atoms with van der Waals surface area (Å²) < 4.78 is 1.83. The average Bonchev–Trinajstić information content (AvgIpc) is 3.17. The van der Waals surface area contributed by atoms with E-state index >= 15 is 0 Å². The van der Waals surface area contributed by atoms with Crippen molar-refractivity contribution in [3.8, 4) is 6.07 Å². The van der Waals surface area contributed by atoms with Gasteiger partial charge in [0.05, 0.1) is 12.1 Å². The number of nitrogens with one attached hydrogen (secondary N) is 1. The van der Waals surface area contributed by atoms with Crippen molar-refractivity contribution in [3.05, 3.63) is 77.4 Å². The molecule has 1 aliphatic heterocycles. The van der Waals surface area contributed by atoms with Gasteiger partial charge in [-0.2, -0.15) is 10.4 Å². The average molecular weight is 371 g/mol. The normalized spacial score (nSPS) is 17.9. The van der Waals surface area contributed by atoms with Crippen LogP contribution in [0.1, 0.15) is 34.2 Å². The van der Waals surface area contributed by atoms with Crippen LogP contribution in [0.25, 0.3) is 0 Å². The Kier molecular flexibility index (Phi) is 4.12. The molecular weight excluding hydrogens is 354 g/mol. The lowest BCUT2D eigenvalue weighted by molar-refractivity contribution is 0.102. The van der Waals surface area contributed by atoms with Gasteiger partial charge in [0.15, 0.2) is 0 Å². The zero-order valence-corrected chi connectivity index (χ0v) is 15.1. The number of aliphatic imine (C=N–C) groups is 1. The molecule has 1 amide bonds. The number of nitrogens with two attached hydrogens (primary N) is 1. The Morgan fingerprint density at radius 2 is 2.18 bits per heavy atom. The number of fused-ring (bicyclic) bond motifs is 1. The third-order valence-corrected chi connectivity index (χ3v) is 4.67. The van der Waals surface area contributed by atoms with Crippen LogP contribution in [0.3, 0.4) is 0 Å². The number of pyridine rings is 1. The first-order valence-corrected chi connectivity index (χ1v) is 8.64. The molecule has 2 aromatic heterocycles. The van der Waals surface area contributed by atoms with Gasteiger partial charge in [-0.15, -0.1) is 0 Å². The summed E-state index contributed by atoms with van der Waals surface area (Å²) in [7, 11) is 0. The highest BCUT2D eigenvalue weighted by atomic mass is 16.1. The van der Waals surface area contributed by atoms with Gasteiger partial charge >= 0.3 is 0 Å². The van der Waals surface area contributed by atoms with Gasteiger partial charge in [-0.3, -0.25) is 14.5 Å². The molecule has 4 rings (SSSR count). The van der Waals surface area contributed by atoms with Crippen molar-refractivity contribution in [1.82, 2.24) is 14.8 Å². The molecule has 0 spiro atoms. The van der Waals surface area contributed by atoms with Crippen LogP contribution < -0.4 is 11.1 Å². The van der Waals surface area contributed by atoms with Crippen LogP contribution in [0.5, 0.6) is 0 Å². The van der Waals surface area contributed by atoms with Gasteiger partial charge in [-0.25, -0.2) is 4.98 Å². The van der Waals surface area contributed by atoms with E-state index in [-0.39, 0.29) is 11.6 Å². The monoisotopic (exact) mass is 371 g/mol. The third-order valence-electron chi connectivity index (χ3n) is 4.67. The van der Waals surface area contributed by atoms with Gasteiger partial charge in [0, 0.05) is 18.1 Å². The lowest BCUT2D eigenvalue weighted by atomic mass is 9.91. The Labute approximate surface area is 161 Å². The maximum Gasteiger partial charge on any atom is 0.274 e. The molecule has 1 atom stereocenters. The minimum atomic E-state index is -0.601. The fourth-order valence-corrected chi connectivity index (χ4v) is 3.20. The van der Waals surface area contributed by atoms with Crippen molar-refractivity contribution in [2.75, 3.05) is 5.32 Å². The highest BCUT2D eigenvalue weighted by Gasteiger charge is 2.32. The van der Waals surface area contributed by atoms with E-state index in [2.05, 4.69) is 20.4 Å². The number of nitriles is 1. The Morgan fingerprint density at radius 1 is 1.32 bits per heavy atom. The van der Waals surface area contributed by atoms with Crippen LogP contribution in [0.15, 0.2) is 59.9 Å². The molecule has 0 saturated heterocycles. The van der Waals surface area contributed by atoms with E-state index in [4.69, 9.17) is 11.0 Å². The Bertz CT molecular complexity index is 1120. The molecule has 3 N–H and O–H groups in total. The molecule has 1 aliphatic rings. The number of hydrogen-bond donors (Lipinski definition) is 2. The van der Waals surface area contributed by atoms with Crippen molar-refractivity contribution in [1.29, 1.82) is 5.26 Å². The summed E-state index contributed by atoms with van der Waals surface area (Å²) in [6.45, 7) is 2.53. The Hall–Kier alpha value is -3.99. The van der Waals surface area contributed by atoms with Gasteiger partial charge in [0.25, 0.3) is 5.91 Å². The molecule has 138 valence electrons. The van der Waals surface area contributed by atoms with Crippen molar-refractivity contribution in [2.24, 2.45) is 10.7 Å². The molecule has 3 aromatic rings. The second-order valence-corrected chi connectivity index (χ2v) is 6.72. The number of benzene rings is 1. The first-order valence-electron chi connectivity index (χ1n) is 8.64. The first-order chi connectivity index (χ1) is 13.5. The molecule has 8 heteroatoms. The molecule has 0 radical (unpaired) electrons. The topological polar surface area (TPSA) is 122 Å². The number of aromatic nitrogens is 3. The van der Waals surface area contributed by atoms with Crippen LogP contribution in [0, 0.1) is 11.3 Å². The molecule has 28 heavy (non-hydrogen) atoms. The fraction of sp³-hybridized carbons (Fsp3) is 0.150. The van der Waals surface area contributed by atoms with Crippen molar-refractivity contribution < 1.29 is 4.79 Å². The van der Waals surface area contributed by atoms with E-state index in [9.17, 15) is 4.79 Å². The van der Waals surface area contributed by atoms with E-state index in [1.807, 2.05) is 41.9 Å². The smallest absolute Gasteiger partial charge is 0.274 e. The second-order valence-electron chi connectivity index (χ2n) is 6.72. The molecule has 0 bridgehead atoms. The zero-order valence-electron chi connectivity index (χ0n) is 15.1. The summed E-state index contributed by atoms with van der Waals surface area (Å²) in [5, 5.41) is 16.0. The number of amides is 1. The number of hydrogen-bond acceptors (Lipinski definition) is 6. The summed E-state index contributed by atoms with van der Waals surface area (Å²) in [6, 6.07) is 14.3. The summed E-state index contributed by atoms with van der Waals surface area (Å²) in [5.74, 6) is 0.0790. The molecule has 0 saturated carbocycles. The quantitative estimate of drug-likeness (QED) is 0.729. The minimum Gasteiger partial charge on any atom is -0.382 e. The van der Waals surface area contributed by atoms with Crippen molar-refractivity contribution in [2.45, 2.75) is 19.0 Å². The maximum atomic E-state index is 12.4. The largest absolute Gasteiger partial charge is 0.382 e. The number of carbonyl (C=O) groups is 1. The molecule has 1 unspecified atom stereocenters. The van der Waals surface area contributed by atoms with Gasteiger partial charge in [0.2, 0.25) is 0 Å². The van der Waals surface area contributed by atoms with Crippen LogP contribution in [-0.2, 0) is 12.1 Å². The Balaban J connectivity index is 1.59. The maximum absolute atomic E-state index is 12.4. The summed E-state index contributed by atoms with van der Waals surface area (Å²) in [6.07, 6.45) is 3.07. The Morgan fingerprint density at radius 3 is 2.93 bits per heavy atom. The lowest BCUT2D eigenvalue weighted by Gasteiger charge is -2.31. The molecule has 0 aliphatic carbocycles. The van der Waals surface area contributed by atoms with Gasteiger partial charge in [-0.1, -0.05) is 12.1 Å². The van der Waals surface area contributed by atoms with E-state index < -0.39 is 5.54 Å². The van der Waals surface area contributed by atoms with Gasteiger partial charge in [0.1, 0.15) is 28.8 Å². The number of amidine groups is 1. The highest BCUT2D eigenvalue weighted by Crippen LogP contribution is 2.32. The second kappa shape index (κ2) is 6.63. The summed E-state index contributed by atoms with van der Waals surface area (Å²) in [4.78, 5) is 21.1. The predicted octanol–water partition coefficient (Wildman–Crippen LogP) is 2.04. The minimum absolute atomic E-state index is 0.233. The van der Waals surface area contributed by atoms with Crippen molar-refractivity contribution in [3.63, 3.8) is 0 Å². The molecule has 8 nitrogen and oxygen atoms in total. The van der Waals surface area contributed by atoms with Crippen molar-refractivity contribution >= 4 is 17.4 Å². The van der Waals surface area contributed by atoms with E-state index in [0.717, 1.165) is 11.3 Å². The summed E-state index contributed by atoms with van der Waals surface area (Å²) >= 11 is 0. The fourth-order valence-electron chi connectivity index (χ4n) is 3.20. The van der Waals surface area contributed by atoms with E-state index in [0.29, 0.717) is 23.6 Å². The van der Waals surface area contributed by atoms with Crippen LogP contribution >= 0.6 is 0 Å². The first kappa shape index (κ1) is 17.4. The molecular formula is C20H17N7O.